The highest BCUT2D eigenvalue weighted by atomic mass is 79.9. The Kier molecular flexibility index (Phi) is 4.65. The lowest BCUT2D eigenvalue weighted by Gasteiger charge is -2.22. The van der Waals surface area contributed by atoms with Gasteiger partial charge in [-0.2, -0.15) is 10.2 Å². The van der Waals surface area contributed by atoms with Gasteiger partial charge in [0.05, 0.1) is 22.9 Å². The second kappa shape index (κ2) is 6.30. The fourth-order valence-corrected chi connectivity index (χ4v) is 2.49. The summed E-state index contributed by atoms with van der Waals surface area (Å²) in [5.74, 6) is -1.29. The van der Waals surface area contributed by atoms with Gasteiger partial charge in [0.25, 0.3) is 0 Å². The van der Waals surface area contributed by atoms with Crippen molar-refractivity contribution in [3.05, 3.63) is 34.3 Å². The van der Waals surface area contributed by atoms with Gasteiger partial charge >= 0.3 is 5.97 Å². The topological polar surface area (TPSA) is 93.2 Å². The van der Waals surface area contributed by atoms with Crippen molar-refractivity contribution in [1.82, 2.24) is 24.5 Å². The molecule has 0 saturated carbocycles. The lowest BCUT2D eigenvalue weighted by molar-refractivity contribution is -0.133. The van der Waals surface area contributed by atoms with Crippen LogP contribution in [0.25, 0.3) is 0 Å². The Morgan fingerprint density at radius 1 is 1.50 bits per heavy atom. The molecule has 0 aliphatic heterocycles. The van der Waals surface area contributed by atoms with Gasteiger partial charge in [-0.1, -0.05) is 0 Å². The summed E-state index contributed by atoms with van der Waals surface area (Å²) >= 11 is 3.39. The van der Waals surface area contributed by atoms with E-state index < -0.39 is 12.0 Å². The highest BCUT2D eigenvalue weighted by molar-refractivity contribution is 9.10. The first-order valence-corrected chi connectivity index (χ1v) is 7.30. The van der Waals surface area contributed by atoms with Gasteiger partial charge < -0.3 is 10.0 Å². The molecule has 0 fully saturated rings. The van der Waals surface area contributed by atoms with Crippen molar-refractivity contribution >= 4 is 27.8 Å². The normalized spacial score (nSPS) is 12.2. The third kappa shape index (κ3) is 3.19. The van der Waals surface area contributed by atoms with E-state index in [0.29, 0.717) is 6.54 Å². The molecule has 2 aromatic rings. The van der Waals surface area contributed by atoms with Crippen molar-refractivity contribution in [2.24, 2.45) is 7.05 Å². The van der Waals surface area contributed by atoms with Crippen molar-refractivity contribution in [3.63, 3.8) is 0 Å². The van der Waals surface area contributed by atoms with E-state index in [1.54, 1.807) is 36.8 Å². The van der Waals surface area contributed by atoms with Crippen LogP contribution < -0.4 is 0 Å². The van der Waals surface area contributed by atoms with Gasteiger partial charge in [0.15, 0.2) is 5.69 Å². The van der Waals surface area contributed by atoms with E-state index in [0.717, 1.165) is 10.2 Å². The number of carboxylic acid groups (broad SMARTS) is 1. The summed E-state index contributed by atoms with van der Waals surface area (Å²) in [5.41, 5.74) is 0.784. The molecule has 8 nitrogen and oxygen atoms in total. The number of rotatable bonds is 5. The van der Waals surface area contributed by atoms with Crippen LogP contribution in [0.5, 0.6) is 0 Å². The number of carbonyl (C=O) groups excluding carboxylic acids is 1. The zero-order valence-corrected chi connectivity index (χ0v) is 14.0. The van der Waals surface area contributed by atoms with Crippen LogP contribution in [0.4, 0.5) is 0 Å². The average molecular weight is 370 g/mol. The quantitative estimate of drug-likeness (QED) is 0.856. The summed E-state index contributed by atoms with van der Waals surface area (Å²) in [6.07, 6.45) is 3.16. The molecular weight excluding hydrogens is 354 g/mol. The minimum Gasteiger partial charge on any atom is -0.476 e. The van der Waals surface area contributed by atoms with Crippen LogP contribution in [0.1, 0.15) is 29.1 Å². The molecule has 0 radical (unpaired) electrons. The molecule has 0 aliphatic rings. The van der Waals surface area contributed by atoms with Gasteiger partial charge in [-0.3, -0.25) is 14.2 Å². The molecule has 0 bridgehead atoms. The Morgan fingerprint density at radius 2 is 2.18 bits per heavy atom. The van der Waals surface area contributed by atoms with Gasteiger partial charge in [-0.05, 0) is 28.9 Å². The first-order chi connectivity index (χ1) is 10.3. The molecule has 2 aromatic heterocycles. The fraction of sp³-hybridized carbons (Fsp3) is 0.385. The molecule has 9 heteroatoms. The molecule has 22 heavy (non-hydrogen) atoms. The first kappa shape index (κ1) is 16.2. The van der Waals surface area contributed by atoms with Crippen LogP contribution in [0.2, 0.25) is 0 Å². The summed E-state index contributed by atoms with van der Waals surface area (Å²) in [7, 11) is 3.48. The molecular formula is C13H16BrN5O3. The van der Waals surface area contributed by atoms with Crippen LogP contribution in [-0.2, 0) is 18.4 Å². The molecule has 2 rings (SSSR count). The van der Waals surface area contributed by atoms with E-state index >= 15 is 0 Å². The Morgan fingerprint density at radius 3 is 2.68 bits per heavy atom. The summed E-state index contributed by atoms with van der Waals surface area (Å²) in [5, 5.41) is 16.9. The van der Waals surface area contributed by atoms with Crippen LogP contribution in [0.3, 0.4) is 0 Å². The number of carboxylic acids is 1. The third-order valence-corrected chi connectivity index (χ3v) is 4.02. The summed E-state index contributed by atoms with van der Waals surface area (Å²) < 4.78 is 3.87. The minimum atomic E-state index is -1.12. The van der Waals surface area contributed by atoms with Crippen LogP contribution in [0, 0.1) is 0 Å². The number of hydrogen-bond acceptors (Lipinski definition) is 4. The van der Waals surface area contributed by atoms with Crippen molar-refractivity contribution in [2.75, 3.05) is 7.05 Å². The number of hydrogen-bond donors (Lipinski definition) is 1. The van der Waals surface area contributed by atoms with Gasteiger partial charge in [0.2, 0.25) is 5.91 Å². The summed E-state index contributed by atoms with van der Waals surface area (Å²) in [4.78, 5) is 24.8. The van der Waals surface area contributed by atoms with Crippen molar-refractivity contribution in [2.45, 2.75) is 19.5 Å². The average Bonchev–Trinajstić information content (AvgIpc) is 3.08. The van der Waals surface area contributed by atoms with E-state index in [9.17, 15) is 9.59 Å². The van der Waals surface area contributed by atoms with E-state index in [4.69, 9.17) is 5.11 Å². The smallest absolute Gasteiger partial charge is 0.356 e. The number of likely N-dealkylation sites (N-methyl/N-ethyl adjacent to an activating group) is 1. The van der Waals surface area contributed by atoms with E-state index in [1.807, 2.05) is 0 Å². The van der Waals surface area contributed by atoms with Crippen molar-refractivity contribution in [1.29, 1.82) is 0 Å². The SMILES string of the molecule is CC(C(=O)N(C)Cc1c(Br)cnn1C)n1ccc(C(=O)O)n1. The second-order valence-corrected chi connectivity index (χ2v) is 5.77. The predicted molar refractivity (Wildman–Crippen MR) is 81.3 cm³/mol. The Bertz CT molecular complexity index is 689. The molecule has 1 atom stereocenters. The molecule has 0 aliphatic carbocycles. The zero-order chi connectivity index (χ0) is 16.4. The number of carbonyl (C=O) groups is 2. The van der Waals surface area contributed by atoms with Gasteiger partial charge in [0, 0.05) is 20.3 Å². The molecule has 1 unspecified atom stereocenters. The Balaban J connectivity index is 2.10. The lowest BCUT2D eigenvalue weighted by Crippen LogP contribution is -2.33. The number of aromatic carboxylic acids is 1. The lowest BCUT2D eigenvalue weighted by atomic mass is 10.3. The van der Waals surface area contributed by atoms with Crippen LogP contribution in [-0.4, -0.2) is 48.5 Å². The van der Waals surface area contributed by atoms with Gasteiger partial charge in [-0.15, -0.1) is 0 Å². The molecule has 1 amide bonds. The van der Waals surface area contributed by atoms with Crippen molar-refractivity contribution < 1.29 is 14.7 Å². The predicted octanol–water partition coefficient (Wildman–Crippen LogP) is 1.30. The van der Waals surface area contributed by atoms with Crippen LogP contribution >= 0.6 is 15.9 Å². The first-order valence-electron chi connectivity index (χ1n) is 6.51. The third-order valence-electron chi connectivity index (χ3n) is 3.36. The molecule has 0 aromatic carbocycles. The van der Waals surface area contributed by atoms with E-state index in [-0.39, 0.29) is 11.6 Å². The van der Waals surface area contributed by atoms with Gasteiger partial charge in [0.1, 0.15) is 6.04 Å². The molecule has 118 valence electrons. The van der Waals surface area contributed by atoms with Gasteiger partial charge in [-0.25, -0.2) is 4.79 Å². The highest BCUT2D eigenvalue weighted by Gasteiger charge is 2.22. The monoisotopic (exact) mass is 369 g/mol. The number of aromatic nitrogens is 4. The molecule has 2 heterocycles. The second-order valence-electron chi connectivity index (χ2n) is 4.92. The Labute approximate surface area is 135 Å². The standard InChI is InChI=1S/C13H16BrN5O3/c1-8(19-5-4-10(16-19)13(21)22)12(20)17(2)7-11-9(14)6-15-18(11)3/h4-6,8H,7H2,1-3H3,(H,21,22). The maximum Gasteiger partial charge on any atom is 0.356 e. The Hall–Kier alpha value is -2.16. The van der Waals surface area contributed by atoms with E-state index in [1.165, 1.54) is 16.9 Å². The summed E-state index contributed by atoms with van der Waals surface area (Å²) in [6, 6.07) is 0.772. The largest absolute Gasteiger partial charge is 0.476 e. The minimum absolute atomic E-state index is 0.0864. The number of aryl methyl sites for hydroxylation is 1. The number of nitrogens with zero attached hydrogens (tertiary/aromatic N) is 5. The van der Waals surface area contributed by atoms with Crippen molar-refractivity contribution in [3.8, 4) is 0 Å². The maximum atomic E-state index is 12.4. The van der Waals surface area contributed by atoms with E-state index in [2.05, 4.69) is 26.1 Å². The fourth-order valence-electron chi connectivity index (χ4n) is 2.02. The summed E-state index contributed by atoms with van der Waals surface area (Å²) in [6.45, 7) is 2.06. The zero-order valence-electron chi connectivity index (χ0n) is 12.4. The highest BCUT2D eigenvalue weighted by Crippen LogP contribution is 2.18. The molecule has 1 N–H and O–H groups in total. The molecule has 0 saturated heterocycles. The maximum absolute atomic E-state index is 12.4. The number of halogens is 1. The molecule has 0 spiro atoms. The number of amides is 1. The van der Waals surface area contributed by atoms with Crippen LogP contribution in [0.15, 0.2) is 22.9 Å².